The van der Waals surface area contributed by atoms with Crippen molar-refractivity contribution in [3.05, 3.63) is 11.8 Å². The second-order valence-electron chi connectivity index (χ2n) is 2.68. The molecular weight excluding hydrogens is 232 g/mol. The van der Waals surface area contributed by atoms with Crippen molar-refractivity contribution in [2.75, 3.05) is 19.8 Å². The maximum absolute atomic E-state index is 11.3. The van der Waals surface area contributed by atoms with E-state index in [9.17, 15) is 14.4 Å². The van der Waals surface area contributed by atoms with Crippen molar-refractivity contribution in [3.8, 4) is 0 Å². The minimum Gasteiger partial charge on any atom is -0.500 e. The largest absolute Gasteiger partial charge is 0.500 e. The maximum atomic E-state index is 11.3. The molecule has 0 saturated carbocycles. The lowest BCUT2D eigenvalue weighted by atomic mass is 10.3. The predicted octanol–water partition coefficient (Wildman–Crippen LogP) is 0.0977. The van der Waals surface area contributed by atoms with Crippen molar-refractivity contribution in [2.45, 2.75) is 13.8 Å². The van der Waals surface area contributed by atoms with Crippen LogP contribution in [0.4, 0.5) is 0 Å². The van der Waals surface area contributed by atoms with Crippen LogP contribution in [-0.4, -0.2) is 42.8 Å². The third-order valence-electron chi connectivity index (χ3n) is 1.41. The molecule has 0 bridgehead atoms. The van der Waals surface area contributed by atoms with Gasteiger partial charge in [-0.15, -0.1) is 0 Å². The van der Waals surface area contributed by atoms with Crippen molar-refractivity contribution in [3.63, 3.8) is 0 Å². The van der Waals surface area contributed by atoms with E-state index in [1.165, 1.54) is 0 Å². The molecule has 0 aliphatic heterocycles. The maximum Gasteiger partial charge on any atom is 0.349 e. The zero-order chi connectivity index (χ0) is 13.3. The molecule has 0 fully saturated rings. The Balaban J connectivity index is 4.62. The smallest absolute Gasteiger partial charge is 0.349 e. The van der Waals surface area contributed by atoms with Gasteiger partial charge in [0.05, 0.1) is 13.2 Å². The average Bonchev–Trinajstić information content (AvgIpc) is 2.27. The Morgan fingerprint density at radius 3 is 2.12 bits per heavy atom. The van der Waals surface area contributed by atoms with Gasteiger partial charge in [0.25, 0.3) is 0 Å². The van der Waals surface area contributed by atoms with Gasteiger partial charge < -0.3 is 19.3 Å². The van der Waals surface area contributed by atoms with Gasteiger partial charge in [0.15, 0.2) is 12.2 Å². The highest BCUT2D eigenvalue weighted by Gasteiger charge is 2.22. The minimum atomic E-state index is -1.32. The zero-order valence-corrected chi connectivity index (χ0v) is 9.60. The molecule has 96 valence electrons. The van der Waals surface area contributed by atoms with Gasteiger partial charge in [0.2, 0.25) is 0 Å². The normalized spacial score (nSPS) is 10.6. The molecule has 0 radical (unpaired) electrons. The Bertz CT molecular complexity index is 319. The number of carboxylic acids is 1. The van der Waals surface area contributed by atoms with Crippen LogP contribution < -0.4 is 0 Å². The van der Waals surface area contributed by atoms with E-state index in [1.807, 2.05) is 0 Å². The van der Waals surface area contributed by atoms with Gasteiger partial charge in [-0.2, -0.15) is 0 Å². The molecule has 0 aliphatic rings. The number of esters is 2. The number of ether oxygens (including phenoxy) is 3. The van der Waals surface area contributed by atoms with Crippen LogP contribution in [0, 0.1) is 0 Å². The summed E-state index contributed by atoms with van der Waals surface area (Å²) in [6, 6.07) is 0. The van der Waals surface area contributed by atoms with Crippen LogP contribution >= 0.6 is 0 Å². The summed E-state index contributed by atoms with van der Waals surface area (Å²) in [5.74, 6) is -3.34. The van der Waals surface area contributed by atoms with Crippen LogP contribution in [0.5, 0.6) is 0 Å². The summed E-state index contributed by atoms with van der Waals surface area (Å²) in [5, 5.41) is 8.32. The van der Waals surface area contributed by atoms with Crippen LogP contribution in [0.25, 0.3) is 0 Å². The molecule has 7 nitrogen and oxygen atoms in total. The quantitative estimate of drug-likeness (QED) is 0.223. The Morgan fingerprint density at radius 2 is 1.65 bits per heavy atom. The van der Waals surface area contributed by atoms with Gasteiger partial charge in [0, 0.05) is 0 Å². The van der Waals surface area contributed by atoms with Crippen LogP contribution in [-0.2, 0) is 28.6 Å². The van der Waals surface area contributed by atoms with Crippen LogP contribution in [0.3, 0.4) is 0 Å². The predicted molar refractivity (Wildman–Crippen MR) is 54.9 cm³/mol. The lowest BCUT2D eigenvalue weighted by Gasteiger charge is -2.06. The first-order valence-corrected chi connectivity index (χ1v) is 4.90. The molecule has 0 aliphatic carbocycles. The molecule has 7 heteroatoms. The fraction of sp³-hybridized carbons (Fsp3) is 0.500. The van der Waals surface area contributed by atoms with Gasteiger partial charge in [-0.05, 0) is 13.8 Å². The first-order valence-electron chi connectivity index (χ1n) is 4.90. The lowest BCUT2D eigenvalue weighted by Crippen LogP contribution is -2.21. The molecule has 0 aromatic rings. The van der Waals surface area contributed by atoms with E-state index in [-0.39, 0.29) is 13.2 Å². The highest BCUT2D eigenvalue weighted by Crippen LogP contribution is 2.02. The van der Waals surface area contributed by atoms with Gasteiger partial charge in [-0.1, -0.05) is 0 Å². The van der Waals surface area contributed by atoms with E-state index in [0.29, 0.717) is 0 Å². The molecule has 17 heavy (non-hydrogen) atoms. The van der Waals surface area contributed by atoms with Crippen molar-refractivity contribution < 1.29 is 33.7 Å². The van der Waals surface area contributed by atoms with E-state index < -0.39 is 30.1 Å². The zero-order valence-electron chi connectivity index (χ0n) is 9.60. The summed E-state index contributed by atoms with van der Waals surface area (Å²) < 4.78 is 13.7. The third-order valence-corrected chi connectivity index (χ3v) is 1.41. The van der Waals surface area contributed by atoms with Crippen molar-refractivity contribution in [1.29, 1.82) is 0 Å². The van der Waals surface area contributed by atoms with Gasteiger partial charge in [-0.25, -0.2) is 14.4 Å². The number of carbonyl (C=O) groups excluding carboxylic acids is 2. The van der Waals surface area contributed by atoms with Crippen molar-refractivity contribution in [2.24, 2.45) is 0 Å². The van der Waals surface area contributed by atoms with Crippen LogP contribution in [0.1, 0.15) is 13.8 Å². The molecule has 0 saturated heterocycles. The van der Waals surface area contributed by atoms with Gasteiger partial charge >= 0.3 is 17.9 Å². The minimum absolute atomic E-state index is 0.0779. The van der Waals surface area contributed by atoms with Crippen molar-refractivity contribution in [1.82, 2.24) is 0 Å². The van der Waals surface area contributed by atoms with E-state index >= 15 is 0 Å². The molecular formula is C10H14O7. The van der Waals surface area contributed by atoms with Crippen LogP contribution in [0.2, 0.25) is 0 Å². The molecule has 0 aromatic heterocycles. The molecule has 0 heterocycles. The number of carboxylic acid groups (broad SMARTS) is 1. The number of hydrogen-bond donors (Lipinski definition) is 1. The lowest BCUT2D eigenvalue weighted by molar-refractivity contribution is -0.155. The van der Waals surface area contributed by atoms with E-state index in [1.54, 1.807) is 13.8 Å². The Labute approximate surface area is 98.0 Å². The summed E-state index contributed by atoms with van der Waals surface area (Å²) in [6.07, 6.45) is 0.891. The highest BCUT2D eigenvalue weighted by atomic mass is 16.6. The Morgan fingerprint density at radius 1 is 1.06 bits per heavy atom. The molecule has 0 atom stereocenters. The van der Waals surface area contributed by atoms with E-state index in [4.69, 9.17) is 9.84 Å². The van der Waals surface area contributed by atoms with Gasteiger partial charge in [0.1, 0.15) is 6.26 Å². The number of carbonyl (C=O) groups is 3. The highest BCUT2D eigenvalue weighted by molar-refractivity contribution is 6.14. The third kappa shape index (κ3) is 6.18. The average molecular weight is 246 g/mol. The Kier molecular flexibility index (Phi) is 7.16. The second-order valence-corrected chi connectivity index (χ2v) is 2.68. The standard InChI is InChI=1S/C10H14O7/c1-3-15-5-7(9(13)16-4-2)10(14)17-6-8(11)12/h5H,3-4,6H2,1-2H3,(H,11,12). The number of hydrogen-bond acceptors (Lipinski definition) is 6. The molecule has 0 amide bonds. The van der Waals surface area contributed by atoms with E-state index in [2.05, 4.69) is 9.47 Å². The molecule has 1 N–H and O–H groups in total. The summed E-state index contributed by atoms with van der Waals surface area (Å²) in [5.41, 5.74) is -0.477. The summed E-state index contributed by atoms with van der Waals surface area (Å²) >= 11 is 0. The molecule has 0 spiro atoms. The summed E-state index contributed by atoms with van der Waals surface area (Å²) in [7, 11) is 0. The second kappa shape index (κ2) is 8.14. The summed E-state index contributed by atoms with van der Waals surface area (Å²) in [6.45, 7) is 2.71. The summed E-state index contributed by atoms with van der Waals surface area (Å²) in [4.78, 5) is 32.8. The van der Waals surface area contributed by atoms with Crippen LogP contribution in [0.15, 0.2) is 11.8 Å². The molecule has 0 unspecified atom stereocenters. The first-order chi connectivity index (χ1) is 8.02. The van der Waals surface area contributed by atoms with E-state index in [0.717, 1.165) is 6.26 Å². The SMILES string of the molecule is CCOC=C(C(=O)OCC)C(=O)OCC(=O)O. The molecule has 0 rings (SSSR count). The fourth-order valence-corrected chi connectivity index (χ4v) is 0.760. The number of aliphatic carboxylic acids is 1. The number of rotatable bonds is 7. The van der Waals surface area contributed by atoms with Crippen molar-refractivity contribution >= 4 is 17.9 Å². The monoisotopic (exact) mass is 246 g/mol. The van der Waals surface area contributed by atoms with Gasteiger partial charge in [-0.3, -0.25) is 0 Å². The topological polar surface area (TPSA) is 99.1 Å². The Hall–Kier alpha value is -2.05. The molecule has 0 aromatic carbocycles. The fourth-order valence-electron chi connectivity index (χ4n) is 0.760. The first kappa shape index (κ1) is 14.9.